The van der Waals surface area contributed by atoms with Crippen LogP contribution in [0.1, 0.15) is 11.6 Å². The molecular weight excluding hydrogens is 353 g/mol. The van der Waals surface area contributed by atoms with Gasteiger partial charge in [-0.05, 0) is 43.3 Å². The van der Waals surface area contributed by atoms with Gasteiger partial charge in [0.1, 0.15) is 17.5 Å². The summed E-state index contributed by atoms with van der Waals surface area (Å²) in [6, 6.07) is 13.0. The average molecular weight is 367 g/mol. The molecule has 0 bridgehead atoms. The topological polar surface area (TPSA) is 76.5 Å². The first-order valence-corrected chi connectivity index (χ1v) is 8.89. The largest absolute Gasteiger partial charge is 0.268 e. The van der Waals surface area contributed by atoms with Crippen LogP contribution in [0, 0.1) is 12.7 Å². The van der Waals surface area contributed by atoms with Crippen LogP contribution < -0.4 is 5.56 Å². The first-order chi connectivity index (χ1) is 12.6. The Balaban J connectivity index is 1.84. The molecule has 2 aromatic carbocycles. The molecule has 8 heteroatoms. The fourth-order valence-corrected chi connectivity index (χ4v) is 3.41. The molecule has 0 amide bonds. The van der Waals surface area contributed by atoms with Crippen molar-refractivity contribution in [3.8, 4) is 5.69 Å². The number of hydrogen-bond acceptors (Lipinski definition) is 5. The number of aryl methyl sites for hydroxylation is 1. The van der Waals surface area contributed by atoms with Crippen LogP contribution in [0.4, 0.5) is 4.39 Å². The fourth-order valence-electron chi connectivity index (χ4n) is 2.65. The molecule has 0 spiro atoms. The van der Waals surface area contributed by atoms with Crippen molar-refractivity contribution in [2.45, 2.75) is 17.8 Å². The SMILES string of the molecule is Cc1nc(SCc2nc3ccccc3c(=O)n2-c2ccc(F)cc2)n[nH]1. The number of thioether (sulfide) groups is 1. The summed E-state index contributed by atoms with van der Waals surface area (Å²) in [7, 11) is 0. The number of fused-ring (bicyclic) bond motifs is 1. The first kappa shape index (κ1) is 16.5. The van der Waals surface area contributed by atoms with Gasteiger partial charge in [0.25, 0.3) is 5.56 Å². The lowest BCUT2D eigenvalue weighted by Gasteiger charge is -2.13. The van der Waals surface area contributed by atoms with E-state index in [0.717, 1.165) is 5.82 Å². The van der Waals surface area contributed by atoms with Gasteiger partial charge in [-0.25, -0.2) is 14.4 Å². The van der Waals surface area contributed by atoms with E-state index in [9.17, 15) is 9.18 Å². The lowest BCUT2D eigenvalue weighted by molar-refractivity contribution is 0.627. The summed E-state index contributed by atoms with van der Waals surface area (Å²) >= 11 is 1.37. The van der Waals surface area contributed by atoms with Gasteiger partial charge >= 0.3 is 0 Å². The molecule has 0 aliphatic heterocycles. The van der Waals surface area contributed by atoms with Crippen molar-refractivity contribution in [2.24, 2.45) is 0 Å². The number of aromatic amines is 1. The molecule has 0 aliphatic rings. The quantitative estimate of drug-likeness (QED) is 0.561. The smallest absolute Gasteiger partial charge is 0.265 e. The van der Waals surface area contributed by atoms with E-state index in [4.69, 9.17) is 0 Å². The minimum absolute atomic E-state index is 0.191. The molecule has 130 valence electrons. The number of hydrogen-bond donors (Lipinski definition) is 1. The maximum atomic E-state index is 13.3. The Kier molecular flexibility index (Phi) is 4.26. The number of nitrogens with zero attached hydrogens (tertiary/aromatic N) is 4. The van der Waals surface area contributed by atoms with Gasteiger partial charge in [-0.15, -0.1) is 5.10 Å². The van der Waals surface area contributed by atoms with Crippen molar-refractivity contribution in [1.29, 1.82) is 0 Å². The van der Waals surface area contributed by atoms with Crippen molar-refractivity contribution < 1.29 is 4.39 Å². The van der Waals surface area contributed by atoms with Crippen LogP contribution in [0.2, 0.25) is 0 Å². The molecule has 6 nitrogen and oxygen atoms in total. The van der Waals surface area contributed by atoms with Gasteiger partial charge in [0.2, 0.25) is 5.16 Å². The lowest BCUT2D eigenvalue weighted by atomic mass is 10.2. The van der Waals surface area contributed by atoms with Gasteiger partial charge in [-0.1, -0.05) is 23.9 Å². The summed E-state index contributed by atoms with van der Waals surface area (Å²) in [6.45, 7) is 1.82. The number of benzene rings is 2. The second kappa shape index (κ2) is 6.72. The minimum atomic E-state index is -0.359. The van der Waals surface area contributed by atoms with E-state index in [2.05, 4.69) is 20.2 Å². The van der Waals surface area contributed by atoms with Crippen LogP contribution in [-0.2, 0) is 5.75 Å². The third-order valence-corrected chi connectivity index (χ3v) is 4.68. The standard InChI is InChI=1S/C18H14FN5OS/c1-11-20-18(23-22-11)26-10-16-21-15-5-3-2-4-14(15)17(25)24(16)13-8-6-12(19)7-9-13/h2-9H,10H2,1H3,(H,20,22,23). The molecule has 0 aliphatic carbocycles. The third-order valence-electron chi connectivity index (χ3n) is 3.84. The Bertz CT molecular complexity index is 1140. The van der Waals surface area contributed by atoms with Gasteiger partial charge in [0.05, 0.1) is 22.3 Å². The van der Waals surface area contributed by atoms with Crippen LogP contribution in [0.15, 0.2) is 58.5 Å². The Morgan fingerprint density at radius 3 is 2.62 bits per heavy atom. The Hall–Kier alpha value is -3.00. The molecule has 2 heterocycles. The van der Waals surface area contributed by atoms with Crippen molar-refractivity contribution in [3.63, 3.8) is 0 Å². The predicted octanol–water partition coefficient (Wildman–Crippen LogP) is 3.24. The number of para-hydroxylation sites is 1. The summed E-state index contributed by atoms with van der Waals surface area (Å²) < 4.78 is 14.8. The molecule has 0 saturated heterocycles. The van der Waals surface area contributed by atoms with Gasteiger partial charge in [0, 0.05) is 0 Å². The summed E-state index contributed by atoms with van der Waals surface area (Å²) in [5, 5.41) is 7.97. The van der Waals surface area contributed by atoms with Gasteiger partial charge in [-0.2, -0.15) is 0 Å². The monoisotopic (exact) mass is 367 g/mol. The Morgan fingerprint density at radius 1 is 1.12 bits per heavy atom. The van der Waals surface area contributed by atoms with E-state index in [1.54, 1.807) is 30.3 Å². The lowest BCUT2D eigenvalue weighted by Crippen LogP contribution is -2.23. The van der Waals surface area contributed by atoms with Crippen LogP contribution in [0.5, 0.6) is 0 Å². The van der Waals surface area contributed by atoms with Crippen LogP contribution >= 0.6 is 11.8 Å². The van der Waals surface area contributed by atoms with E-state index in [-0.39, 0.29) is 11.4 Å². The molecule has 0 fully saturated rings. The average Bonchev–Trinajstić information content (AvgIpc) is 3.07. The number of aromatic nitrogens is 5. The number of rotatable bonds is 4. The number of H-pyrrole nitrogens is 1. The molecule has 4 rings (SSSR count). The van der Waals surface area contributed by atoms with Crippen LogP contribution in [-0.4, -0.2) is 24.7 Å². The second-order valence-electron chi connectivity index (χ2n) is 5.65. The van der Waals surface area contributed by atoms with E-state index in [1.807, 2.05) is 13.0 Å². The predicted molar refractivity (Wildman–Crippen MR) is 98.0 cm³/mol. The van der Waals surface area contributed by atoms with Crippen LogP contribution in [0.3, 0.4) is 0 Å². The van der Waals surface area contributed by atoms with Crippen molar-refractivity contribution in [3.05, 3.63) is 76.4 Å². The summed E-state index contributed by atoms with van der Waals surface area (Å²) in [4.78, 5) is 21.9. The Morgan fingerprint density at radius 2 is 1.88 bits per heavy atom. The molecule has 1 N–H and O–H groups in total. The molecule has 0 radical (unpaired) electrons. The van der Waals surface area contributed by atoms with Crippen molar-refractivity contribution in [2.75, 3.05) is 0 Å². The normalized spacial score (nSPS) is 11.2. The van der Waals surface area contributed by atoms with Crippen molar-refractivity contribution >= 4 is 22.7 Å². The molecule has 0 saturated carbocycles. The van der Waals surface area contributed by atoms with Gasteiger partial charge in [-0.3, -0.25) is 14.5 Å². The maximum Gasteiger partial charge on any atom is 0.265 e. The summed E-state index contributed by atoms with van der Waals surface area (Å²) in [5.41, 5.74) is 0.998. The molecule has 4 aromatic rings. The molecule has 26 heavy (non-hydrogen) atoms. The van der Waals surface area contributed by atoms with Gasteiger partial charge in [0.15, 0.2) is 0 Å². The van der Waals surface area contributed by atoms with E-state index >= 15 is 0 Å². The summed E-state index contributed by atoms with van der Waals surface area (Å²) in [5.74, 6) is 1.31. The fraction of sp³-hybridized carbons (Fsp3) is 0.111. The highest BCUT2D eigenvalue weighted by molar-refractivity contribution is 7.98. The van der Waals surface area contributed by atoms with E-state index in [1.165, 1.54) is 28.5 Å². The zero-order valence-corrected chi connectivity index (χ0v) is 14.6. The molecule has 0 unspecified atom stereocenters. The third kappa shape index (κ3) is 3.11. The zero-order chi connectivity index (χ0) is 18.1. The number of halogens is 1. The highest BCUT2D eigenvalue weighted by atomic mass is 32.2. The zero-order valence-electron chi connectivity index (χ0n) is 13.8. The molecule has 2 aromatic heterocycles. The second-order valence-corrected chi connectivity index (χ2v) is 6.60. The highest BCUT2D eigenvalue weighted by Crippen LogP contribution is 2.21. The first-order valence-electron chi connectivity index (χ1n) is 7.90. The van der Waals surface area contributed by atoms with E-state index in [0.29, 0.717) is 33.3 Å². The van der Waals surface area contributed by atoms with E-state index < -0.39 is 0 Å². The molecular formula is C18H14FN5OS. The summed E-state index contributed by atoms with van der Waals surface area (Å²) in [6.07, 6.45) is 0. The van der Waals surface area contributed by atoms with Crippen molar-refractivity contribution in [1.82, 2.24) is 24.7 Å². The maximum absolute atomic E-state index is 13.3. The number of nitrogens with one attached hydrogen (secondary N) is 1. The van der Waals surface area contributed by atoms with Gasteiger partial charge < -0.3 is 0 Å². The minimum Gasteiger partial charge on any atom is -0.268 e. The Labute approximate surface area is 152 Å². The highest BCUT2D eigenvalue weighted by Gasteiger charge is 2.14. The van der Waals surface area contributed by atoms with Crippen LogP contribution in [0.25, 0.3) is 16.6 Å². The molecule has 0 atom stereocenters.